The molecule has 0 fully saturated rings. The van der Waals surface area contributed by atoms with Crippen LogP contribution in [0.1, 0.15) is 17.3 Å². The van der Waals surface area contributed by atoms with Gasteiger partial charge in [0.1, 0.15) is 11.6 Å². The van der Waals surface area contributed by atoms with E-state index in [1.165, 1.54) is 19.1 Å². The predicted molar refractivity (Wildman–Crippen MR) is 77.5 cm³/mol. The maximum Gasteiger partial charge on any atom is 0.162 e. The molecule has 2 rings (SSSR count). The zero-order chi connectivity index (χ0) is 14.7. The quantitative estimate of drug-likeness (QED) is 0.793. The first-order chi connectivity index (χ1) is 9.56. The highest BCUT2D eigenvalue weighted by atomic mass is 19.1. The summed E-state index contributed by atoms with van der Waals surface area (Å²) in [7, 11) is 3.27. The molecule has 0 aliphatic rings. The Labute approximate surface area is 117 Å². The standard InChI is InChI=1S/C16H16FNO2/c1-11(19)12-7-6-8-13(17)16(12)18(2)14-9-4-5-10-15(14)20-3/h4-10H,1-3H3. The number of methoxy groups -OCH3 is 1. The van der Waals surface area contributed by atoms with Crippen molar-refractivity contribution in [2.45, 2.75) is 6.92 Å². The van der Waals surface area contributed by atoms with Gasteiger partial charge in [-0.25, -0.2) is 4.39 Å². The molecule has 2 aromatic carbocycles. The number of nitrogens with zero attached hydrogens (tertiary/aromatic N) is 1. The Hall–Kier alpha value is -2.36. The molecule has 4 heteroatoms. The number of ketones is 1. The van der Waals surface area contributed by atoms with Crippen LogP contribution in [0.2, 0.25) is 0 Å². The van der Waals surface area contributed by atoms with E-state index >= 15 is 0 Å². The molecule has 0 atom stereocenters. The van der Waals surface area contributed by atoms with E-state index in [2.05, 4.69) is 0 Å². The van der Waals surface area contributed by atoms with Crippen molar-refractivity contribution >= 4 is 17.2 Å². The van der Waals surface area contributed by atoms with Crippen LogP contribution in [0.3, 0.4) is 0 Å². The van der Waals surface area contributed by atoms with Crippen LogP contribution >= 0.6 is 0 Å². The number of Topliss-reactive ketones (excluding diaryl/α,β-unsaturated/α-hetero) is 1. The molecule has 0 aromatic heterocycles. The topological polar surface area (TPSA) is 29.5 Å². The summed E-state index contributed by atoms with van der Waals surface area (Å²) in [4.78, 5) is 13.3. The number of halogens is 1. The summed E-state index contributed by atoms with van der Waals surface area (Å²) in [5.41, 5.74) is 1.30. The van der Waals surface area contributed by atoms with E-state index in [4.69, 9.17) is 4.74 Å². The van der Waals surface area contributed by atoms with Gasteiger partial charge in [0.25, 0.3) is 0 Å². The lowest BCUT2D eigenvalue weighted by Gasteiger charge is -2.24. The Morgan fingerprint density at radius 1 is 1.15 bits per heavy atom. The zero-order valence-corrected chi connectivity index (χ0v) is 11.7. The Bertz CT molecular complexity index is 640. The highest BCUT2D eigenvalue weighted by Gasteiger charge is 2.19. The second-order valence-corrected chi connectivity index (χ2v) is 4.42. The fourth-order valence-electron chi connectivity index (χ4n) is 2.17. The first-order valence-electron chi connectivity index (χ1n) is 6.22. The van der Waals surface area contributed by atoms with Gasteiger partial charge in [-0.2, -0.15) is 0 Å². The van der Waals surface area contributed by atoms with Crippen LogP contribution in [0.25, 0.3) is 0 Å². The van der Waals surface area contributed by atoms with E-state index in [9.17, 15) is 9.18 Å². The molecule has 0 unspecified atom stereocenters. The largest absolute Gasteiger partial charge is 0.495 e. The average molecular weight is 273 g/mol. The number of para-hydroxylation sites is 3. The van der Waals surface area contributed by atoms with Crippen LogP contribution in [0.5, 0.6) is 5.75 Å². The van der Waals surface area contributed by atoms with Gasteiger partial charge in [0, 0.05) is 12.6 Å². The molecule has 3 nitrogen and oxygen atoms in total. The van der Waals surface area contributed by atoms with Crippen molar-refractivity contribution in [1.82, 2.24) is 0 Å². The second-order valence-electron chi connectivity index (χ2n) is 4.42. The molecule has 0 saturated carbocycles. The summed E-state index contributed by atoms with van der Waals surface area (Å²) < 4.78 is 19.4. The van der Waals surface area contributed by atoms with Crippen molar-refractivity contribution < 1.29 is 13.9 Å². The van der Waals surface area contributed by atoms with Crippen LogP contribution < -0.4 is 9.64 Å². The van der Waals surface area contributed by atoms with Crippen molar-refractivity contribution in [1.29, 1.82) is 0 Å². The smallest absolute Gasteiger partial charge is 0.162 e. The summed E-state index contributed by atoms with van der Waals surface area (Å²) in [5, 5.41) is 0. The van der Waals surface area contributed by atoms with Crippen LogP contribution in [0.15, 0.2) is 42.5 Å². The minimum Gasteiger partial charge on any atom is -0.495 e. The van der Waals surface area contributed by atoms with Gasteiger partial charge in [-0.05, 0) is 31.2 Å². The Balaban J connectivity index is 2.59. The maximum atomic E-state index is 14.1. The molecule has 0 heterocycles. The fraction of sp³-hybridized carbons (Fsp3) is 0.188. The number of benzene rings is 2. The van der Waals surface area contributed by atoms with Crippen molar-refractivity contribution in [2.24, 2.45) is 0 Å². The molecular weight excluding hydrogens is 257 g/mol. The summed E-state index contributed by atoms with van der Waals surface area (Å²) in [6.07, 6.45) is 0. The van der Waals surface area contributed by atoms with Crippen molar-refractivity contribution in [3.63, 3.8) is 0 Å². The number of hydrogen-bond acceptors (Lipinski definition) is 3. The molecule has 2 aromatic rings. The minimum absolute atomic E-state index is 0.179. The minimum atomic E-state index is -0.439. The number of carbonyl (C=O) groups excluding carboxylic acids is 1. The highest BCUT2D eigenvalue weighted by molar-refractivity contribution is 6.00. The maximum absolute atomic E-state index is 14.1. The van der Waals surface area contributed by atoms with E-state index in [0.29, 0.717) is 17.0 Å². The van der Waals surface area contributed by atoms with Gasteiger partial charge in [-0.1, -0.05) is 18.2 Å². The van der Waals surface area contributed by atoms with Gasteiger partial charge in [0.2, 0.25) is 0 Å². The Kier molecular flexibility index (Phi) is 4.03. The molecule has 0 aliphatic carbocycles. The average Bonchev–Trinajstić information content (AvgIpc) is 2.46. The second kappa shape index (κ2) is 5.74. The van der Waals surface area contributed by atoms with Crippen molar-refractivity contribution in [3.05, 3.63) is 53.8 Å². The van der Waals surface area contributed by atoms with E-state index in [0.717, 1.165) is 0 Å². The number of rotatable bonds is 4. The summed E-state index contributed by atoms with van der Waals surface area (Å²) in [5.74, 6) is 0.000101. The fourth-order valence-corrected chi connectivity index (χ4v) is 2.17. The molecule has 0 amide bonds. The summed E-state index contributed by atoms with van der Waals surface area (Å²) in [6.45, 7) is 1.42. The van der Waals surface area contributed by atoms with Gasteiger partial charge in [-0.3, -0.25) is 4.79 Å². The first-order valence-corrected chi connectivity index (χ1v) is 6.22. The molecular formula is C16H16FNO2. The van der Waals surface area contributed by atoms with Crippen LogP contribution in [-0.4, -0.2) is 19.9 Å². The van der Waals surface area contributed by atoms with E-state index < -0.39 is 5.82 Å². The molecule has 0 radical (unpaired) electrons. The van der Waals surface area contributed by atoms with Gasteiger partial charge >= 0.3 is 0 Å². The number of carbonyl (C=O) groups is 1. The predicted octanol–water partition coefficient (Wildman–Crippen LogP) is 3.80. The molecule has 0 aliphatic heterocycles. The molecule has 0 saturated heterocycles. The molecule has 0 spiro atoms. The van der Waals surface area contributed by atoms with Crippen LogP contribution in [0, 0.1) is 5.82 Å². The Morgan fingerprint density at radius 2 is 1.85 bits per heavy atom. The highest BCUT2D eigenvalue weighted by Crippen LogP contribution is 2.35. The van der Waals surface area contributed by atoms with E-state index in [1.54, 1.807) is 31.2 Å². The third-order valence-electron chi connectivity index (χ3n) is 3.15. The molecule has 0 N–H and O–H groups in total. The molecule has 0 bridgehead atoms. The third kappa shape index (κ3) is 2.50. The molecule has 104 valence electrons. The lowest BCUT2D eigenvalue weighted by molar-refractivity contribution is 0.101. The van der Waals surface area contributed by atoms with Crippen LogP contribution in [0.4, 0.5) is 15.8 Å². The van der Waals surface area contributed by atoms with E-state index in [1.807, 2.05) is 18.2 Å². The first kappa shape index (κ1) is 14.1. The van der Waals surface area contributed by atoms with Gasteiger partial charge in [0.05, 0.1) is 18.5 Å². The van der Waals surface area contributed by atoms with Crippen molar-refractivity contribution in [2.75, 3.05) is 19.1 Å². The van der Waals surface area contributed by atoms with Gasteiger partial charge < -0.3 is 9.64 Å². The molecule has 20 heavy (non-hydrogen) atoms. The summed E-state index contributed by atoms with van der Waals surface area (Å²) >= 11 is 0. The number of hydrogen-bond donors (Lipinski definition) is 0. The van der Waals surface area contributed by atoms with Gasteiger partial charge in [0.15, 0.2) is 5.78 Å². The number of ether oxygens (including phenoxy) is 1. The Morgan fingerprint density at radius 3 is 2.50 bits per heavy atom. The lowest BCUT2D eigenvalue weighted by atomic mass is 10.1. The monoisotopic (exact) mass is 273 g/mol. The van der Waals surface area contributed by atoms with E-state index in [-0.39, 0.29) is 11.5 Å². The zero-order valence-electron chi connectivity index (χ0n) is 11.7. The van der Waals surface area contributed by atoms with Crippen molar-refractivity contribution in [3.8, 4) is 5.75 Å². The lowest BCUT2D eigenvalue weighted by Crippen LogP contribution is -2.16. The normalized spacial score (nSPS) is 10.2. The summed E-state index contributed by atoms with van der Waals surface area (Å²) in [6, 6.07) is 11.8. The van der Waals surface area contributed by atoms with Gasteiger partial charge in [-0.15, -0.1) is 0 Å². The van der Waals surface area contributed by atoms with Crippen LogP contribution in [-0.2, 0) is 0 Å². The SMILES string of the molecule is COc1ccccc1N(C)c1c(F)cccc1C(C)=O. The number of anilines is 2. The third-order valence-corrected chi connectivity index (χ3v) is 3.15.